The molecule has 0 saturated heterocycles. The summed E-state index contributed by atoms with van der Waals surface area (Å²) in [6, 6.07) is 14.9. The van der Waals surface area contributed by atoms with Gasteiger partial charge in [-0.05, 0) is 49.6 Å². The zero-order chi connectivity index (χ0) is 19.2. The summed E-state index contributed by atoms with van der Waals surface area (Å²) >= 11 is 0. The van der Waals surface area contributed by atoms with Gasteiger partial charge in [0.05, 0.1) is 0 Å². The molecule has 134 valence electrons. The number of nitrogens with zero attached hydrogens (tertiary/aromatic N) is 2. The number of nitrogens with one attached hydrogen (secondary N) is 1. The van der Waals surface area contributed by atoms with Crippen molar-refractivity contribution in [1.29, 1.82) is 0 Å². The molecule has 26 heavy (non-hydrogen) atoms. The highest BCUT2D eigenvalue weighted by Gasteiger charge is 2.17. The lowest BCUT2D eigenvalue weighted by Gasteiger charge is -2.20. The number of carbonyl (C=O) groups excluding carboxylic acids is 2. The van der Waals surface area contributed by atoms with E-state index >= 15 is 0 Å². The van der Waals surface area contributed by atoms with Crippen LogP contribution in [0.25, 0.3) is 16.7 Å². The minimum absolute atomic E-state index is 0.0398. The van der Waals surface area contributed by atoms with Crippen molar-refractivity contribution in [3.63, 3.8) is 0 Å². The van der Waals surface area contributed by atoms with Crippen molar-refractivity contribution in [3.8, 4) is 11.1 Å². The SMILES string of the molecule is CC(C)(C)OC(=O)Nc1ccc(-c2ccccc2)c(CC(=O)C=[N+]=[N-])c1. The Morgan fingerprint density at radius 1 is 1.15 bits per heavy atom. The maximum absolute atomic E-state index is 12.0. The van der Waals surface area contributed by atoms with Gasteiger partial charge in [0, 0.05) is 12.1 Å². The van der Waals surface area contributed by atoms with Crippen LogP contribution in [0, 0.1) is 0 Å². The third-order valence-electron chi connectivity index (χ3n) is 3.40. The topological polar surface area (TPSA) is 91.8 Å². The molecule has 2 aromatic carbocycles. The highest BCUT2D eigenvalue weighted by Crippen LogP contribution is 2.27. The molecule has 0 radical (unpaired) electrons. The lowest BCUT2D eigenvalue weighted by molar-refractivity contribution is -0.115. The van der Waals surface area contributed by atoms with Crippen LogP contribution in [0.4, 0.5) is 10.5 Å². The second kappa shape index (κ2) is 8.23. The van der Waals surface area contributed by atoms with E-state index in [1.165, 1.54) is 0 Å². The highest BCUT2D eigenvalue weighted by atomic mass is 16.6. The average Bonchev–Trinajstić information content (AvgIpc) is 2.54. The maximum Gasteiger partial charge on any atom is 0.412 e. The first kappa shape index (κ1) is 19.1. The Morgan fingerprint density at radius 3 is 2.46 bits per heavy atom. The number of hydrogen-bond donors (Lipinski definition) is 1. The average molecular weight is 351 g/mol. The van der Waals surface area contributed by atoms with Crippen molar-refractivity contribution in [3.05, 3.63) is 59.6 Å². The molecule has 2 aromatic rings. The number of benzene rings is 2. The van der Waals surface area contributed by atoms with Crippen molar-refractivity contribution >= 4 is 23.8 Å². The van der Waals surface area contributed by atoms with Crippen LogP contribution in [0.5, 0.6) is 0 Å². The minimum atomic E-state index is -0.607. The molecule has 0 fully saturated rings. The number of ketones is 1. The van der Waals surface area contributed by atoms with Crippen LogP contribution < -0.4 is 5.32 Å². The van der Waals surface area contributed by atoms with E-state index in [-0.39, 0.29) is 12.2 Å². The summed E-state index contributed by atoms with van der Waals surface area (Å²) in [6.07, 6.45) is 0.333. The summed E-state index contributed by atoms with van der Waals surface area (Å²) in [4.78, 5) is 26.6. The zero-order valence-electron chi connectivity index (χ0n) is 15.0. The van der Waals surface area contributed by atoms with Gasteiger partial charge < -0.3 is 10.3 Å². The van der Waals surface area contributed by atoms with Crippen molar-refractivity contribution < 1.29 is 19.1 Å². The van der Waals surface area contributed by atoms with Crippen LogP contribution in [-0.2, 0) is 16.0 Å². The van der Waals surface area contributed by atoms with Crippen LogP contribution in [-0.4, -0.2) is 28.5 Å². The molecule has 6 heteroatoms. The summed E-state index contributed by atoms with van der Waals surface area (Å²) in [5, 5.41) is 2.67. The van der Waals surface area contributed by atoms with Crippen molar-refractivity contribution in [1.82, 2.24) is 0 Å². The molecule has 0 aliphatic carbocycles. The Balaban J connectivity index is 2.34. The first-order chi connectivity index (χ1) is 12.3. The Labute approximate surface area is 152 Å². The molecule has 0 atom stereocenters. The second-order valence-corrected chi connectivity index (χ2v) is 6.75. The summed E-state index contributed by atoms with van der Waals surface area (Å²) in [5.41, 5.74) is 11.0. The molecule has 0 bridgehead atoms. The van der Waals surface area contributed by atoms with E-state index in [1.54, 1.807) is 32.9 Å². The van der Waals surface area contributed by atoms with Crippen LogP contribution in [0.15, 0.2) is 48.5 Å². The highest BCUT2D eigenvalue weighted by molar-refractivity contribution is 6.26. The van der Waals surface area contributed by atoms with Gasteiger partial charge in [-0.3, -0.25) is 10.1 Å². The lowest BCUT2D eigenvalue weighted by Crippen LogP contribution is -2.27. The van der Waals surface area contributed by atoms with E-state index < -0.39 is 11.7 Å². The maximum atomic E-state index is 12.0. The Kier molecular flexibility index (Phi) is 6.04. The molecule has 0 heterocycles. The molecule has 0 aromatic heterocycles. The Bertz CT molecular complexity index is 848. The smallest absolute Gasteiger partial charge is 0.412 e. The number of rotatable bonds is 5. The van der Waals surface area contributed by atoms with E-state index in [0.29, 0.717) is 11.3 Å². The van der Waals surface area contributed by atoms with Crippen LogP contribution in [0.3, 0.4) is 0 Å². The van der Waals surface area contributed by atoms with Gasteiger partial charge in [-0.1, -0.05) is 36.4 Å². The fourth-order valence-electron chi connectivity index (χ4n) is 2.44. The number of anilines is 1. The molecule has 0 unspecified atom stereocenters. The standard InChI is InChI=1S/C20H21N3O3/c1-20(2,3)26-19(25)23-16-9-10-18(14-7-5-4-6-8-14)15(11-16)12-17(24)13-22-21/h4-11,13H,12H2,1-3H3,(H,23,25). The van der Waals surface area contributed by atoms with Gasteiger partial charge >= 0.3 is 12.3 Å². The van der Waals surface area contributed by atoms with E-state index in [2.05, 4.69) is 10.1 Å². The third-order valence-corrected chi connectivity index (χ3v) is 3.40. The lowest BCUT2D eigenvalue weighted by atomic mass is 9.96. The molecule has 1 amide bonds. The van der Waals surface area contributed by atoms with E-state index in [4.69, 9.17) is 10.3 Å². The largest absolute Gasteiger partial charge is 0.444 e. The first-order valence-electron chi connectivity index (χ1n) is 8.17. The van der Waals surface area contributed by atoms with E-state index in [1.807, 2.05) is 36.4 Å². The molecular formula is C20H21N3O3. The molecule has 0 aliphatic rings. The molecular weight excluding hydrogens is 330 g/mol. The van der Waals surface area contributed by atoms with Gasteiger partial charge in [0.25, 0.3) is 0 Å². The van der Waals surface area contributed by atoms with Gasteiger partial charge in [0.2, 0.25) is 5.78 Å². The minimum Gasteiger partial charge on any atom is -0.444 e. The first-order valence-corrected chi connectivity index (χ1v) is 8.17. The molecule has 2 rings (SSSR count). The van der Waals surface area contributed by atoms with Crippen molar-refractivity contribution in [2.24, 2.45) is 0 Å². The van der Waals surface area contributed by atoms with Crippen molar-refractivity contribution in [2.45, 2.75) is 32.8 Å². The summed E-state index contributed by atoms with van der Waals surface area (Å²) in [7, 11) is 0. The van der Waals surface area contributed by atoms with Crippen LogP contribution >= 0.6 is 0 Å². The summed E-state index contributed by atoms with van der Waals surface area (Å²) in [5.74, 6) is -0.348. The quantitative estimate of drug-likeness (QED) is 0.499. The molecule has 0 saturated carbocycles. The van der Waals surface area contributed by atoms with Crippen LogP contribution in [0.2, 0.25) is 0 Å². The summed E-state index contributed by atoms with van der Waals surface area (Å²) < 4.78 is 5.24. The number of amides is 1. The summed E-state index contributed by atoms with van der Waals surface area (Å²) in [6.45, 7) is 5.34. The predicted octanol–water partition coefficient (Wildman–Crippen LogP) is 4.11. The van der Waals surface area contributed by atoms with E-state index in [9.17, 15) is 9.59 Å². The number of carbonyl (C=O) groups is 2. The monoisotopic (exact) mass is 351 g/mol. The molecule has 6 nitrogen and oxygen atoms in total. The molecule has 0 aliphatic heterocycles. The normalized spacial score (nSPS) is 10.6. The van der Waals surface area contributed by atoms with Gasteiger partial charge in [0.1, 0.15) is 5.60 Å². The van der Waals surface area contributed by atoms with Gasteiger partial charge in [-0.25, -0.2) is 4.79 Å². The second-order valence-electron chi connectivity index (χ2n) is 6.75. The van der Waals surface area contributed by atoms with Crippen molar-refractivity contribution in [2.75, 3.05) is 5.32 Å². The Morgan fingerprint density at radius 2 is 1.85 bits per heavy atom. The number of hydrogen-bond acceptors (Lipinski definition) is 3. The third kappa shape index (κ3) is 5.69. The zero-order valence-corrected chi connectivity index (χ0v) is 15.0. The number of Topliss-reactive ketones (excluding diaryl/α,β-unsaturated/α-hetero) is 1. The van der Waals surface area contributed by atoms with E-state index in [0.717, 1.165) is 17.3 Å². The van der Waals surface area contributed by atoms with Gasteiger partial charge in [-0.2, -0.15) is 4.79 Å². The predicted molar refractivity (Wildman–Crippen MR) is 100 cm³/mol. The van der Waals surface area contributed by atoms with Gasteiger partial charge in [-0.15, -0.1) is 0 Å². The fourth-order valence-corrected chi connectivity index (χ4v) is 2.44. The molecule has 1 N–H and O–H groups in total. The van der Waals surface area contributed by atoms with Gasteiger partial charge in [0.15, 0.2) is 0 Å². The Hall–Kier alpha value is -3.24. The fraction of sp³-hybridized carbons (Fsp3) is 0.250. The molecule has 0 spiro atoms. The number of ether oxygens (including phenoxy) is 1. The van der Waals surface area contributed by atoms with Crippen LogP contribution in [0.1, 0.15) is 26.3 Å².